The molecule has 0 aliphatic heterocycles. The zero-order valence-corrected chi connectivity index (χ0v) is 8.73. The highest BCUT2D eigenvalue weighted by Crippen LogP contribution is 2.16. The molecule has 16 heavy (non-hydrogen) atoms. The molecule has 0 radical (unpaired) electrons. The predicted octanol–water partition coefficient (Wildman–Crippen LogP) is 1.97. The normalized spacial score (nSPS) is 9.81. The maximum atomic E-state index is 11.9. The number of hydrogen-bond acceptors (Lipinski definition) is 4. The number of para-hydroxylation sites is 1. The van der Waals surface area contributed by atoms with Gasteiger partial charge in [0.25, 0.3) is 5.91 Å². The van der Waals surface area contributed by atoms with Gasteiger partial charge in [0.15, 0.2) is 0 Å². The van der Waals surface area contributed by atoms with E-state index in [-0.39, 0.29) is 5.91 Å². The second-order valence-electron chi connectivity index (χ2n) is 3.16. The Morgan fingerprint density at radius 1 is 1.38 bits per heavy atom. The molecular weight excluding hydrogens is 206 g/mol. The van der Waals surface area contributed by atoms with E-state index in [2.05, 4.69) is 20.3 Å². The van der Waals surface area contributed by atoms with Crippen LogP contribution < -0.4 is 10.6 Å². The number of rotatable bonds is 3. The Bertz CT molecular complexity index is 480. The monoisotopic (exact) mass is 217 g/mol. The summed E-state index contributed by atoms with van der Waals surface area (Å²) in [6.07, 6.45) is 2.82. The number of amides is 1. The molecule has 0 unspecified atom stereocenters. The molecule has 0 bridgehead atoms. The quantitative estimate of drug-likeness (QED) is 0.824. The van der Waals surface area contributed by atoms with Crippen molar-refractivity contribution in [1.29, 1.82) is 0 Å². The van der Waals surface area contributed by atoms with Gasteiger partial charge in [-0.1, -0.05) is 17.3 Å². The SMILES string of the molecule is CNc1ccccc1C(=O)Nc1cnoc1. The van der Waals surface area contributed by atoms with Crippen molar-refractivity contribution in [3.63, 3.8) is 0 Å². The van der Waals surface area contributed by atoms with E-state index in [9.17, 15) is 4.79 Å². The highest BCUT2D eigenvalue weighted by atomic mass is 16.5. The Morgan fingerprint density at radius 3 is 2.88 bits per heavy atom. The smallest absolute Gasteiger partial charge is 0.257 e. The molecule has 1 aromatic heterocycles. The van der Waals surface area contributed by atoms with Crippen molar-refractivity contribution >= 4 is 17.3 Å². The number of nitrogens with one attached hydrogen (secondary N) is 2. The number of carbonyl (C=O) groups excluding carboxylic acids is 1. The Balaban J connectivity index is 2.21. The van der Waals surface area contributed by atoms with Crippen LogP contribution in [0.4, 0.5) is 11.4 Å². The summed E-state index contributed by atoms with van der Waals surface area (Å²) in [7, 11) is 1.77. The fourth-order valence-corrected chi connectivity index (χ4v) is 1.36. The van der Waals surface area contributed by atoms with E-state index in [1.165, 1.54) is 12.5 Å². The highest BCUT2D eigenvalue weighted by Gasteiger charge is 2.10. The van der Waals surface area contributed by atoms with Gasteiger partial charge < -0.3 is 15.2 Å². The number of benzene rings is 1. The first kappa shape index (κ1) is 10.2. The molecular formula is C11H11N3O2. The van der Waals surface area contributed by atoms with E-state index in [4.69, 9.17) is 0 Å². The van der Waals surface area contributed by atoms with Crippen molar-refractivity contribution in [3.05, 3.63) is 42.3 Å². The van der Waals surface area contributed by atoms with Crippen molar-refractivity contribution in [2.45, 2.75) is 0 Å². The molecule has 0 saturated heterocycles. The standard InChI is InChI=1S/C11H11N3O2/c1-12-10-5-3-2-4-9(10)11(15)14-8-6-13-16-7-8/h2-7,12H,1H3,(H,14,15). The molecule has 2 aromatic rings. The minimum atomic E-state index is -0.201. The molecule has 0 fully saturated rings. The van der Waals surface area contributed by atoms with Crippen LogP contribution in [0.3, 0.4) is 0 Å². The van der Waals surface area contributed by atoms with Crippen molar-refractivity contribution in [2.75, 3.05) is 17.7 Å². The maximum Gasteiger partial charge on any atom is 0.257 e. The van der Waals surface area contributed by atoms with Crippen LogP contribution in [-0.4, -0.2) is 18.1 Å². The Labute approximate surface area is 92.4 Å². The third-order valence-corrected chi connectivity index (χ3v) is 2.13. The molecule has 2 rings (SSSR count). The average Bonchev–Trinajstić information content (AvgIpc) is 2.81. The second-order valence-corrected chi connectivity index (χ2v) is 3.16. The van der Waals surface area contributed by atoms with Crippen LogP contribution in [0.1, 0.15) is 10.4 Å². The number of carbonyl (C=O) groups is 1. The largest absolute Gasteiger partial charge is 0.387 e. The molecule has 0 aliphatic rings. The predicted molar refractivity (Wildman–Crippen MR) is 60.4 cm³/mol. The lowest BCUT2D eigenvalue weighted by molar-refractivity contribution is 0.102. The number of anilines is 2. The first-order valence-corrected chi connectivity index (χ1v) is 4.79. The van der Waals surface area contributed by atoms with Crippen LogP contribution in [0.2, 0.25) is 0 Å². The summed E-state index contributed by atoms with van der Waals surface area (Å²) >= 11 is 0. The molecule has 82 valence electrons. The molecule has 1 amide bonds. The van der Waals surface area contributed by atoms with E-state index in [1.54, 1.807) is 13.1 Å². The Morgan fingerprint density at radius 2 is 2.19 bits per heavy atom. The summed E-state index contributed by atoms with van der Waals surface area (Å²) in [6.45, 7) is 0. The van der Waals surface area contributed by atoms with Gasteiger partial charge in [-0.3, -0.25) is 4.79 Å². The lowest BCUT2D eigenvalue weighted by Gasteiger charge is -2.07. The molecule has 0 spiro atoms. The van der Waals surface area contributed by atoms with Gasteiger partial charge in [-0.05, 0) is 12.1 Å². The molecule has 0 saturated carbocycles. The van der Waals surface area contributed by atoms with Crippen LogP contribution in [-0.2, 0) is 0 Å². The Hall–Kier alpha value is -2.30. The first-order chi connectivity index (χ1) is 7.81. The minimum Gasteiger partial charge on any atom is -0.387 e. The van der Waals surface area contributed by atoms with E-state index in [0.29, 0.717) is 11.3 Å². The van der Waals surface area contributed by atoms with Crippen LogP contribution in [0, 0.1) is 0 Å². The maximum absolute atomic E-state index is 11.9. The number of nitrogens with zero attached hydrogens (tertiary/aromatic N) is 1. The van der Waals surface area contributed by atoms with E-state index < -0.39 is 0 Å². The second kappa shape index (κ2) is 4.48. The van der Waals surface area contributed by atoms with Gasteiger partial charge in [-0.15, -0.1) is 0 Å². The van der Waals surface area contributed by atoms with Crippen molar-refractivity contribution in [1.82, 2.24) is 5.16 Å². The van der Waals surface area contributed by atoms with Crippen molar-refractivity contribution in [2.24, 2.45) is 0 Å². The highest BCUT2D eigenvalue weighted by molar-refractivity contribution is 6.07. The molecule has 2 N–H and O–H groups in total. The topological polar surface area (TPSA) is 67.2 Å². The lowest BCUT2D eigenvalue weighted by atomic mass is 10.1. The zero-order valence-electron chi connectivity index (χ0n) is 8.73. The van der Waals surface area contributed by atoms with E-state index >= 15 is 0 Å². The summed E-state index contributed by atoms with van der Waals surface area (Å²) in [4.78, 5) is 11.9. The van der Waals surface area contributed by atoms with Crippen molar-refractivity contribution in [3.8, 4) is 0 Å². The molecule has 1 heterocycles. The third-order valence-electron chi connectivity index (χ3n) is 2.13. The van der Waals surface area contributed by atoms with Gasteiger partial charge in [0.2, 0.25) is 0 Å². The fraction of sp³-hybridized carbons (Fsp3) is 0.0909. The van der Waals surface area contributed by atoms with E-state index in [1.807, 2.05) is 18.2 Å². The van der Waals surface area contributed by atoms with Gasteiger partial charge in [-0.25, -0.2) is 0 Å². The lowest BCUT2D eigenvalue weighted by Crippen LogP contribution is -2.13. The van der Waals surface area contributed by atoms with Gasteiger partial charge in [-0.2, -0.15) is 0 Å². The Kier molecular flexibility index (Phi) is 2.86. The number of hydrogen-bond donors (Lipinski definition) is 2. The summed E-state index contributed by atoms with van der Waals surface area (Å²) in [5, 5.41) is 9.14. The van der Waals surface area contributed by atoms with Gasteiger partial charge >= 0.3 is 0 Å². The van der Waals surface area contributed by atoms with Crippen LogP contribution in [0.15, 0.2) is 41.2 Å². The van der Waals surface area contributed by atoms with Gasteiger partial charge in [0.1, 0.15) is 12.0 Å². The minimum absolute atomic E-state index is 0.201. The molecule has 5 nitrogen and oxygen atoms in total. The summed E-state index contributed by atoms with van der Waals surface area (Å²) < 4.78 is 4.63. The molecule has 5 heteroatoms. The van der Waals surface area contributed by atoms with E-state index in [0.717, 1.165) is 5.69 Å². The zero-order chi connectivity index (χ0) is 11.4. The summed E-state index contributed by atoms with van der Waals surface area (Å²) in [5.74, 6) is -0.201. The van der Waals surface area contributed by atoms with Gasteiger partial charge in [0, 0.05) is 12.7 Å². The summed E-state index contributed by atoms with van der Waals surface area (Å²) in [6, 6.07) is 7.25. The third kappa shape index (κ3) is 2.03. The fourth-order valence-electron chi connectivity index (χ4n) is 1.36. The van der Waals surface area contributed by atoms with Gasteiger partial charge in [0.05, 0.1) is 11.8 Å². The average molecular weight is 217 g/mol. The van der Waals surface area contributed by atoms with Crippen LogP contribution in [0.25, 0.3) is 0 Å². The molecule has 1 aromatic carbocycles. The van der Waals surface area contributed by atoms with Crippen LogP contribution >= 0.6 is 0 Å². The first-order valence-electron chi connectivity index (χ1n) is 4.79. The number of aromatic nitrogens is 1. The van der Waals surface area contributed by atoms with Crippen molar-refractivity contribution < 1.29 is 9.32 Å². The van der Waals surface area contributed by atoms with Crippen LogP contribution in [0.5, 0.6) is 0 Å². The molecule has 0 aliphatic carbocycles. The molecule has 0 atom stereocenters. The summed E-state index contributed by atoms with van der Waals surface area (Å²) in [5.41, 5.74) is 1.89.